The average molecular weight is 620 g/mol. The van der Waals surface area contributed by atoms with E-state index in [0.29, 0.717) is 5.95 Å². The SMILES string of the molecule is CC1(C)c2ccccc2-c2cc3c(cc21)c1cc(-c2ccccc2)ccc1n3-c1nccc(-c2cccc3c2sc2ccccc23)n1. The van der Waals surface area contributed by atoms with Crippen LogP contribution in [0, 0.1) is 0 Å². The maximum absolute atomic E-state index is 5.31. The summed E-state index contributed by atoms with van der Waals surface area (Å²) >= 11 is 1.83. The van der Waals surface area contributed by atoms with Crippen molar-refractivity contribution >= 4 is 53.3 Å². The number of hydrogen-bond acceptors (Lipinski definition) is 3. The van der Waals surface area contributed by atoms with E-state index in [0.717, 1.165) is 22.3 Å². The number of nitrogens with zero attached hydrogens (tertiary/aromatic N) is 3. The van der Waals surface area contributed by atoms with Crippen molar-refractivity contribution in [3.05, 3.63) is 151 Å². The fourth-order valence-corrected chi connectivity index (χ4v) is 9.02. The highest BCUT2D eigenvalue weighted by Gasteiger charge is 2.36. The van der Waals surface area contributed by atoms with E-state index < -0.39 is 0 Å². The molecule has 4 heteroatoms. The van der Waals surface area contributed by atoms with Crippen LogP contribution in [0.15, 0.2) is 140 Å². The van der Waals surface area contributed by atoms with E-state index in [9.17, 15) is 0 Å². The lowest BCUT2D eigenvalue weighted by Crippen LogP contribution is -2.14. The van der Waals surface area contributed by atoms with Gasteiger partial charge in [0.25, 0.3) is 0 Å². The first-order valence-corrected chi connectivity index (χ1v) is 16.9. The molecule has 47 heavy (non-hydrogen) atoms. The van der Waals surface area contributed by atoms with Crippen LogP contribution in [0.4, 0.5) is 0 Å². The Morgan fingerprint density at radius 2 is 1.32 bits per heavy atom. The highest BCUT2D eigenvalue weighted by atomic mass is 32.1. The van der Waals surface area contributed by atoms with Gasteiger partial charge in [0.2, 0.25) is 5.95 Å². The number of benzene rings is 6. The summed E-state index contributed by atoms with van der Waals surface area (Å²) in [4.78, 5) is 10.2. The molecule has 0 bridgehead atoms. The van der Waals surface area contributed by atoms with E-state index in [1.54, 1.807) is 0 Å². The molecule has 3 nitrogen and oxygen atoms in total. The molecule has 0 N–H and O–H groups in total. The van der Waals surface area contributed by atoms with Gasteiger partial charge in [0.05, 0.1) is 16.7 Å². The molecule has 3 heterocycles. The van der Waals surface area contributed by atoms with Crippen LogP contribution >= 0.6 is 11.3 Å². The molecule has 0 amide bonds. The van der Waals surface area contributed by atoms with Crippen molar-refractivity contribution in [3.8, 4) is 39.5 Å². The summed E-state index contributed by atoms with van der Waals surface area (Å²) in [5, 5.41) is 4.98. The van der Waals surface area contributed by atoms with Crippen molar-refractivity contribution in [1.82, 2.24) is 14.5 Å². The van der Waals surface area contributed by atoms with E-state index in [1.807, 2.05) is 23.6 Å². The minimum absolute atomic E-state index is 0.0923. The Morgan fingerprint density at radius 3 is 2.23 bits per heavy atom. The predicted molar refractivity (Wildman–Crippen MR) is 198 cm³/mol. The summed E-state index contributed by atoms with van der Waals surface area (Å²) in [6.45, 7) is 4.69. The van der Waals surface area contributed by atoms with Gasteiger partial charge in [-0.3, -0.25) is 4.57 Å². The molecule has 0 radical (unpaired) electrons. The van der Waals surface area contributed by atoms with Crippen LogP contribution in [-0.2, 0) is 5.41 Å². The zero-order chi connectivity index (χ0) is 31.3. The van der Waals surface area contributed by atoms with Gasteiger partial charge in [0.15, 0.2) is 0 Å². The summed E-state index contributed by atoms with van der Waals surface area (Å²) in [5.41, 5.74) is 11.9. The van der Waals surface area contributed by atoms with E-state index in [1.165, 1.54) is 64.3 Å². The fourth-order valence-electron chi connectivity index (χ4n) is 7.79. The van der Waals surface area contributed by atoms with Crippen molar-refractivity contribution in [3.63, 3.8) is 0 Å². The second kappa shape index (κ2) is 9.71. The Balaban J connectivity index is 1.25. The molecule has 0 spiro atoms. The highest BCUT2D eigenvalue weighted by molar-refractivity contribution is 7.26. The van der Waals surface area contributed by atoms with Gasteiger partial charge < -0.3 is 0 Å². The number of fused-ring (bicyclic) bond motifs is 9. The molecule has 1 aliphatic carbocycles. The number of aromatic nitrogens is 3. The Hall–Kier alpha value is -5.58. The molecule has 6 aromatic carbocycles. The molecule has 3 aromatic heterocycles. The van der Waals surface area contributed by atoms with Crippen LogP contribution in [0.2, 0.25) is 0 Å². The van der Waals surface area contributed by atoms with Gasteiger partial charge in [0.1, 0.15) is 0 Å². The van der Waals surface area contributed by atoms with Gasteiger partial charge in [0, 0.05) is 48.1 Å². The Morgan fingerprint density at radius 1 is 0.553 bits per heavy atom. The lowest BCUT2D eigenvalue weighted by Gasteiger charge is -2.21. The van der Waals surface area contributed by atoms with Crippen LogP contribution < -0.4 is 0 Å². The van der Waals surface area contributed by atoms with E-state index in [-0.39, 0.29) is 5.41 Å². The van der Waals surface area contributed by atoms with Crippen LogP contribution in [0.1, 0.15) is 25.0 Å². The van der Waals surface area contributed by atoms with Gasteiger partial charge in [-0.1, -0.05) is 111 Å². The first-order valence-electron chi connectivity index (χ1n) is 16.1. The molecule has 9 aromatic rings. The molecule has 0 atom stereocenters. The van der Waals surface area contributed by atoms with Crippen LogP contribution in [-0.4, -0.2) is 14.5 Å². The van der Waals surface area contributed by atoms with E-state index in [4.69, 9.17) is 9.97 Å². The normalized spacial score (nSPS) is 13.5. The molecule has 0 saturated carbocycles. The molecule has 0 unspecified atom stereocenters. The second-order valence-electron chi connectivity index (χ2n) is 13.0. The smallest absolute Gasteiger partial charge is 0.235 e. The first-order chi connectivity index (χ1) is 23.1. The van der Waals surface area contributed by atoms with Crippen molar-refractivity contribution in [1.29, 1.82) is 0 Å². The summed E-state index contributed by atoms with van der Waals surface area (Å²) in [7, 11) is 0. The third kappa shape index (κ3) is 3.79. The third-order valence-corrected chi connectivity index (χ3v) is 11.3. The summed E-state index contributed by atoms with van der Waals surface area (Å²) in [6.07, 6.45) is 1.91. The lowest BCUT2D eigenvalue weighted by atomic mass is 9.82. The largest absolute Gasteiger partial charge is 0.278 e. The Bertz CT molecular complexity index is 2710. The second-order valence-corrected chi connectivity index (χ2v) is 14.1. The van der Waals surface area contributed by atoms with Gasteiger partial charge in [-0.05, 0) is 69.8 Å². The van der Waals surface area contributed by atoms with Crippen molar-refractivity contribution in [2.24, 2.45) is 0 Å². The highest BCUT2D eigenvalue weighted by Crippen LogP contribution is 2.51. The molecule has 1 aliphatic rings. The first kappa shape index (κ1) is 26.6. The van der Waals surface area contributed by atoms with Gasteiger partial charge in [-0.15, -0.1) is 11.3 Å². The fraction of sp³-hybridized carbons (Fsp3) is 0.0698. The van der Waals surface area contributed by atoms with Crippen LogP contribution in [0.5, 0.6) is 0 Å². The molecule has 0 fully saturated rings. The Labute approximate surface area is 276 Å². The van der Waals surface area contributed by atoms with Crippen molar-refractivity contribution in [2.45, 2.75) is 19.3 Å². The molecule has 222 valence electrons. The number of thiophene rings is 1. The lowest BCUT2D eigenvalue weighted by molar-refractivity contribution is 0.661. The van der Waals surface area contributed by atoms with Gasteiger partial charge >= 0.3 is 0 Å². The Kier molecular flexibility index (Phi) is 5.50. The number of rotatable bonds is 3. The summed E-state index contributed by atoms with van der Waals surface area (Å²) in [5.74, 6) is 0.679. The summed E-state index contributed by atoms with van der Waals surface area (Å²) in [6, 6.07) is 48.3. The van der Waals surface area contributed by atoms with Gasteiger partial charge in [-0.25, -0.2) is 9.97 Å². The maximum Gasteiger partial charge on any atom is 0.235 e. The average Bonchev–Trinajstić information content (AvgIpc) is 3.73. The van der Waals surface area contributed by atoms with Crippen molar-refractivity contribution < 1.29 is 0 Å². The molecule has 0 saturated heterocycles. The minimum atomic E-state index is -0.0923. The van der Waals surface area contributed by atoms with Crippen molar-refractivity contribution in [2.75, 3.05) is 0 Å². The predicted octanol–water partition coefficient (Wildman–Crippen LogP) is 11.6. The topological polar surface area (TPSA) is 30.7 Å². The van der Waals surface area contributed by atoms with Gasteiger partial charge in [-0.2, -0.15) is 0 Å². The summed E-state index contributed by atoms with van der Waals surface area (Å²) < 4.78 is 4.81. The molecule has 10 rings (SSSR count). The monoisotopic (exact) mass is 619 g/mol. The van der Waals surface area contributed by atoms with E-state index in [2.05, 4.69) is 146 Å². The van der Waals surface area contributed by atoms with Crippen LogP contribution in [0.3, 0.4) is 0 Å². The maximum atomic E-state index is 5.31. The minimum Gasteiger partial charge on any atom is -0.278 e. The standard InChI is InChI=1S/C43H29N3S/c1-43(2)35-17-8-6-13-28(35)32-25-39-34(24-36(32)43)33-23-27(26-11-4-3-5-12-26)19-20-38(33)46(39)42-44-22-21-37(45-42)31-16-10-15-30-29-14-7-9-18-40(29)47-41(30)31/h3-25H,1-2H3. The van der Waals surface area contributed by atoms with Crippen LogP contribution in [0.25, 0.3) is 81.4 Å². The zero-order valence-corrected chi connectivity index (χ0v) is 26.8. The quantitative estimate of drug-likeness (QED) is 0.197. The molecular formula is C43H29N3S. The molecular weight excluding hydrogens is 591 g/mol. The van der Waals surface area contributed by atoms with E-state index >= 15 is 0 Å². The third-order valence-electron chi connectivity index (χ3n) is 10.1. The number of hydrogen-bond donors (Lipinski definition) is 0. The molecule has 0 aliphatic heterocycles. The zero-order valence-electron chi connectivity index (χ0n) is 26.0.